The van der Waals surface area contributed by atoms with Gasteiger partial charge in [0.15, 0.2) is 0 Å². The number of hydrogen-bond acceptors (Lipinski definition) is 4. The highest BCUT2D eigenvalue weighted by atomic mass is 32.2. The molecule has 0 aromatic heterocycles. The second-order valence-corrected chi connectivity index (χ2v) is 5.44. The molecule has 1 N–H and O–H groups in total. The Balaban J connectivity index is 3.11. The average molecular weight is 271 g/mol. The third-order valence-corrected chi connectivity index (χ3v) is 4.02. The average Bonchev–Trinajstić information content (AvgIpc) is 2.28. The molecule has 0 aliphatic heterocycles. The van der Waals surface area contributed by atoms with E-state index >= 15 is 0 Å². The van der Waals surface area contributed by atoms with Crippen molar-refractivity contribution in [3.63, 3.8) is 0 Å². The Morgan fingerprint density at radius 3 is 2.50 bits per heavy atom. The Hall–Kier alpha value is -1.40. The minimum Gasteiger partial charge on any atom is -0.462 e. The molecule has 6 heteroatoms. The second-order valence-electron chi connectivity index (χ2n) is 3.70. The maximum atomic E-state index is 11.8. The summed E-state index contributed by atoms with van der Waals surface area (Å²) in [6.07, 6.45) is 0. The fraction of sp³-hybridized carbons (Fsp3) is 0.417. The molecule has 0 saturated carbocycles. The van der Waals surface area contributed by atoms with Crippen LogP contribution >= 0.6 is 0 Å². The van der Waals surface area contributed by atoms with E-state index in [1.807, 2.05) is 0 Å². The van der Waals surface area contributed by atoms with Gasteiger partial charge in [-0.05, 0) is 37.6 Å². The summed E-state index contributed by atoms with van der Waals surface area (Å²) in [5.74, 6) is -0.451. The van der Waals surface area contributed by atoms with E-state index in [0.717, 1.165) is 0 Å². The van der Waals surface area contributed by atoms with Crippen LogP contribution in [0.25, 0.3) is 0 Å². The molecule has 1 aromatic rings. The first-order chi connectivity index (χ1) is 8.42. The van der Waals surface area contributed by atoms with Gasteiger partial charge in [-0.3, -0.25) is 0 Å². The summed E-state index contributed by atoms with van der Waals surface area (Å²) in [5.41, 5.74) is 0.867. The van der Waals surface area contributed by atoms with Gasteiger partial charge < -0.3 is 4.74 Å². The summed E-state index contributed by atoms with van der Waals surface area (Å²) in [5, 5.41) is 0. The van der Waals surface area contributed by atoms with Gasteiger partial charge in [-0.1, -0.05) is 6.92 Å². The van der Waals surface area contributed by atoms with Gasteiger partial charge in [0.05, 0.1) is 17.1 Å². The smallest absolute Gasteiger partial charge is 0.338 e. The highest BCUT2D eigenvalue weighted by molar-refractivity contribution is 7.89. The maximum absolute atomic E-state index is 11.8. The molecular formula is C12H17NO4S. The van der Waals surface area contributed by atoms with Crippen LogP contribution in [0.4, 0.5) is 0 Å². The molecule has 5 nitrogen and oxygen atoms in total. The van der Waals surface area contributed by atoms with Crippen molar-refractivity contribution in [2.75, 3.05) is 13.2 Å². The van der Waals surface area contributed by atoms with Crippen molar-refractivity contribution in [3.8, 4) is 0 Å². The number of esters is 1. The Bertz CT molecular complexity index is 537. The van der Waals surface area contributed by atoms with Crippen LogP contribution in [0.3, 0.4) is 0 Å². The number of carbonyl (C=O) groups excluding carboxylic acids is 1. The summed E-state index contributed by atoms with van der Waals surface area (Å²) >= 11 is 0. The van der Waals surface area contributed by atoms with Crippen LogP contribution in [0.1, 0.15) is 29.8 Å². The van der Waals surface area contributed by atoms with Gasteiger partial charge in [-0.15, -0.1) is 0 Å². The first kappa shape index (κ1) is 14.7. The molecular weight excluding hydrogens is 254 g/mol. The zero-order chi connectivity index (χ0) is 13.8. The van der Waals surface area contributed by atoms with E-state index in [-0.39, 0.29) is 11.5 Å². The van der Waals surface area contributed by atoms with E-state index in [9.17, 15) is 13.2 Å². The summed E-state index contributed by atoms with van der Waals surface area (Å²) in [7, 11) is -3.50. The van der Waals surface area contributed by atoms with Crippen LogP contribution < -0.4 is 4.72 Å². The SMILES string of the molecule is CCNS(=O)(=O)c1ccc(C(=O)OCC)cc1C. The minimum atomic E-state index is -3.50. The molecule has 0 aliphatic carbocycles. The molecule has 0 amide bonds. The summed E-state index contributed by atoms with van der Waals surface area (Å²) in [6, 6.07) is 4.39. The number of sulfonamides is 1. The summed E-state index contributed by atoms with van der Waals surface area (Å²) in [4.78, 5) is 11.7. The Morgan fingerprint density at radius 1 is 1.33 bits per heavy atom. The summed E-state index contributed by atoms with van der Waals surface area (Å²) in [6.45, 7) is 5.68. The largest absolute Gasteiger partial charge is 0.462 e. The molecule has 0 unspecified atom stereocenters. The van der Waals surface area contributed by atoms with E-state index in [4.69, 9.17) is 4.74 Å². The highest BCUT2D eigenvalue weighted by Gasteiger charge is 2.17. The normalized spacial score (nSPS) is 11.3. The van der Waals surface area contributed by atoms with Gasteiger partial charge in [0.2, 0.25) is 10.0 Å². The number of hydrogen-bond donors (Lipinski definition) is 1. The van der Waals surface area contributed by atoms with Gasteiger partial charge in [0.25, 0.3) is 0 Å². The second kappa shape index (κ2) is 5.97. The topological polar surface area (TPSA) is 72.5 Å². The third-order valence-electron chi connectivity index (χ3n) is 2.31. The fourth-order valence-electron chi connectivity index (χ4n) is 1.56. The number of nitrogens with one attached hydrogen (secondary N) is 1. The van der Waals surface area contributed by atoms with Crippen molar-refractivity contribution in [2.24, 2.45) is 0 Å². The summed E-state index contributed by atoms with van der Waals surface area (Å²) < 4.78 is 30.9. The van der Waals surface area contributed by atoms with E-state index in [1.165, 1.54) is 18.2 Å². The quantitative estimate of drug-likeness (QED) is 0.823. The number of benzene rings is 1. The molecule has 1 aromatic carbocycles. The lowest BCUT2D eigenvalue weighted by Crippen LogP contribution is -2.24. The monoisotopic (exact) mass is 271 g/mol. The van der Waals surface area contributed by atoms with Crippen LogP contribution in [0.5, 0.6) is 0 Å². The molecule has 0 heterocycles. The molecule has 0 atom stereocenters. The van der Waals surface area contributed by atoms with Crippen molar-refractivity contribution in [1.82, 2.24) is 4.72 Å². The molecule has 0 aliphatic rings. The zero-order valence-corrected chi connectivity index (χ0v) is 11.5. The predicted octanol–water partition coefficient (Wildman–Crippen LogP) is 1.47. The number of rotatable bonds is 5. The van der Waals surface area contributed by atoms with Crippen LogP contribution in [0.2, 0.25) is 0 Å². The van der Waals surface area contributed by atoms with Gasteiger partial charge in [-0.2, -0.15) is 0 Å². The molecule has 0 bridgehead atoms. The molecule has 1 rings (SSSR count). The number of carbonyl (C=O) groups is 1. The molecule has 0 saturated heterocycles. The lowest BCUT2D eigenvalue weighted by molar-refractivity contribution is 0.0526. The molecule has 0 fully saturated rings. The fourth-order valence-corrected chi connectivity index (χ4v) is 2.83. The minimum absolute atomic E-state index is 0.178. The van der Waals surface area contributed by atoms with Crippen molar-refractivity contribution in [1.29, 1.82) is 0 Å². The van der Waals surface area contributed by atoms with Gasteiger partial charge >= 0.3 is 5.97 Å². The van der Waals surface area contributed by atoms with Crippen molar-refractivity contribution in [3.05, 3.63) is 29.3 Å². The first-order valence-corrected chi connectivity index (χ1v) is 7.18. The van der Waals surface area contributed by atoms with Gasteiger partial charge in [-0.25, -0.2) is 17.9 Å². The molecule has 100 valence electrons. The van der Waals surface area contributed by atoms with Crippen LogP contribution in [0, 0.1) is 6.92 Å². The zero-order valence-electron chi connectivity index (χ0n) is 10.7. The first-order valence-electron chi connectivity index (χ1n) is 5.69. The van der Waals surface area contributed by atoms with Crippen LogP contribution in [0.15, 0.2) is 23.1 Å². The van der Waals surface area contributed by atoms with Crippen molar-refractivity contribution in [2.45, 2.75) is 25.7 Å². The van der Waals surface area contributed by atoms with Crippen molar-refractivity contribution >= 4 is 16.0 Å². The van der Waals surface area contributed by atoms with Crippen LogP contribution in [-0.2, 0) is 14.8 Å². The Morgan fingerprint density at radius 2 is 2.00 bits per heavy atom. The van der Waals surface area contributed by atoms with E-state index in [1.54, 1.807) is 20.8 Å². The lowest BCUT2D eigenvalue weighted by Gasteiger charge is -2.09. The predicted molar refractivity (Wildman–Crippen MR) is 68.0 cm³/mol. The van der Waals surface area contributed by atoms with Gasteiger partial charge in [0.1, 0.15) is 0 Å². The standard InChI is InChI=1S/C12H17NO4S/c1-4-13-18(15,16)11-7-6-10(8-9(11)3)12(14)17-5-2/h6-8,13H,4-5H2,1-3H3. The Kier molecular flexibility index (Phi) is 4.86. The number of ether oxygens (including phenoxy) is 1. The molecule has 0 spiro atoms. The lowest BCUT2D eigenvalue weighted by atomic mass is 10.1. The van der Waals surface area contributed by atoms with E-state index in [2.05, 4.69) is 4.72 Å². The highest BCUT2D eigenvalue weighted by Crippen LogP contribution is 2.17. The van der Waals surface area contributed by atoms with E-state index < -0.39 is 16.0 Å². The number of aryl methyl sites for hydroxylation is 1. The molecule has 18 heavy (non-hydrogen) atoms. The Labute approximate surface area is 107 Å². The van der Waals surface area contributed by atoms with Crippen molar-refractivity contribution < 1.29 is 17.9 Å². The van der Waals surface area contributed by atoms with E-state index in [0.29, 0.717) is 17.7 Å². The maximum Gasteiger partial charge on any atom is 0.338 e. The van der Waals surface area contributed by atoms with Gasteiger partial charge in [0, 0.05) is 6.54 Å². The molecule has 0 radical (unpaired) electrons. The van der Waals surface area contributed by atoms with Crippen LogP contribution in [-0.4, -0.2) is 27.5 Å². The third kappa shape index (κ3) is 3.30.